The third-order valence-electron chi connectivity index (χ3n) is 7.31. The van der Waals surface area contributed by atoms with Crippen LogP contribution in [0.4, 0.5) is 10.1 Å². The van der Waals surface area contributed by atoms with E-state index in [-0.39, 0.29) is 29.5 Å². The Bertz CT molecular complexity index is 1070. The summed E-state index contributed by atoms with van der Waals surface area (Å²) in [6, 6.07) is 4.39. The maximum absolute atomic E-state index is 15.4. The number of anilines is 1. The molecule has 10 heteroatoms. The van der Waals surface area contributed by atoms with Crippen LogP contribution in [0.3, 0.4) is 0 Å². The van der Waals surface area contributed by atoms with E-state index in [0.29, 0.717) is 29.9 Å². The largest absolute Gasteiger partial charge is 0.412 e. The molecule has 1 aliphatic rings. The number of ether oxygens (including phenoxy) is 1. The summed E-state index contributed by atoms with van der Waals surface area (Å²) in [4.78, 5) is 2.05. The summed E-state index contributed by atoms with van der Waals surface area (Å²) in [5.74, 6) is -0.299. The molecular formula is C25H43FN4O3Si2. The van der Waals surface area contributed by atoms with Gasteiger partial charge in [0.05, 0.1) is 17.3 Å². The van der Waals surface area contributed by atoms with Gasteiger partial charge in [-0.3, -0.25) is 0 Å². The van der Waals surface area contributed by atoms with Gasteiger partial charge in [0.15, 0.2) is 14.2 Å². The van der Waals surface area contributed by atoms with Crippen LogP contribution in [0.1, 0.15) is 32.8 Å². The van der Waals surface area contributed by atoms with Crippen molar-refractivity contribution in [2.75, 3.05) is 24.6 Å². The average Bonchev–Trinajstić information content (AvgIpc) is 3.32. The summed E-state index contributed by atoms with van der Waals surface area (Å²) >= 11 is 0. The summed E-state index contributed by atoms with van der Waals surface area (Å²) < 4.78 is 29.7. The van der Waals surface area contributed by atoms with Crippen LogP contribution in [0.15, 0.2) is 23.5 Å². The lowest BCUT2D eigenvalue weighted by Gasteiger charge is -2.38. The zero-order chi connectivity index (χ0) is 26.2. The van der Waals surface area contributed by atoms with E-state index in [4.69, 9.17) is 14.9 Å². The number of rotatable bonds is 9. The highest BCUT2D eigenvalue weighted by Crippen LogP contribution is 2.39. The Hall–Kier alpha value is -1.89. The molecule has 3 N–H and O–H groups in total. The van der Waals surface area contributed by atoms with Crippen LogP contribution < -0.4 is 10.6 Å². The second kappa shape index (κ2) is 10.2. The first-order valence-corrected chi connectivity index (χ1v) is 19.1. The number of hydrogen-bond acceptors (Lipinski definition) is 5. The third kappa shape index (κ3) is 6.47. The van der Waals surface area contributed by atoms with Crippen LogP contribution in [0, 0.1) is 5.82 Å². The molecule has 3 rings (SSSR count). The van der Waals surface area contributed by atoms with E-state index in [9.17, 15) is 5.21 Å². The zero-order valence-corrected chi connectivity index (χ0v) is 24.6. The molecule has 196 valence electrons. The number of benzene rings is 1. The zero-order valence-electron chi connectivity index (χ0n) is 22.6. The lowest BCUT2D eigenvalue weighted by atomic mass is 10.1. The number of aromatic nitrogens is 1. The Labute approximate surface area is 211 Å². The SMILES string of the molecule is CC(C)(C)[Si](C)(C)OC1CCN(c2cc3c(C(N)=NO)cn(COCC[Si](C)(C)C)c3cc2F)C1. The normalized spacial score (nSPS) is 18.1. The van der Waals surface area contributed by atoms with Gasteiger partial charge in [0, 0.05) is 51.0 Å². The Kier molecular flexibility index (Phi) is 8.10. The average molecular weight is 523 g/mol. The first kappa shape index (κ1) is 27.7. The summed E-state index contributed by atoms with van der Waals surface area (Å²) in [7, 11) is -3.12. The van der Waals surface area contributed by atoms with E-state index >= 15 is 4.39 Å². The summed E-state index contributed by atoms with van der Waals surface area (Å²) in [6.45, 7) is 20.4. The Morgan fingerprint density at radius 3 is 2.51 bits per heavy atom. The van der Waals surface area contributed by atoms with Gasteiger partial charge in [-0.25, -0.2) is 4.39 Å². The maximum atomic E-state index is 15.4. The number of nitrogens with zero attached hydrogens (tertiary/aromatic N) is 3. The maximum Gasteiger partial charge on any atom is 0.192 e. The molecule has 0 saturated carbocycles. The Morgan fingerprint density at radius 2 is 1.91 bits per heavy atom. The number of nitrogens with two attached hydrogens (primary N) is 1. The molecule has 1 fully saturated rings. The first-order valence-electron chi connectivity index (χ1n) is 12.4. The van der Waals surface area contributed by atoms with Crippen LogP contribution in [-0.2, 0) is 15.9 Å². The molecular weight excluding hydrogens is 479 g/mol. The van der Waals surface area contributed by atoms with Gasteiger partial charge in [-0.05, 0) is 36.7 Å². The minimum Gasteiger partial charge on any atom is -0.412 e. The molecule has 0 amide bonds. The van der Waals surface area contributed by atoms with Gasteiger partial charge in [-0.1, -0.05) is 45.6 Å². The van der Waals surface area contributed by atoms with Gasteiger partial charge >= 0.3 is 0 Å². The molecule has 0 aliphatic carbocycles. The molecule has 1 aromatic carbocycles. The number of halogens is 1. The van der Waals surface area contributed by atoms with E-state index in [1.807, 2.05) is 15.5 Å². The van der Waals surface area contributed by atoms with Crippen molar-refractivity contribution in [3.8, 4) is 0 Å². The molecule has 2 heterocycles. The van der Waals surface area contributed by atoms with Crippen molar-refractivity contribution in [3.05, 3.63) is 29.7 Å². The minimum atomic E-state index is -1.91. The highest BCUT2D eigenvalue weighted by atomic mass is 28.4. The molecule has 1 aliphatic heterocycles. The first-order chi connectivity index (χ1) is 16.1. The molecule has 0 bridgehead atoms. The molecule has 7 nitrogen and oxygen atoms in total. The second-order valence-corrected chi connectivity index (χ2v) is 22.8. The molecule has 1 unspecified atom stereocenters. The lowest BCUT2D eigenvalue weighted by molar-refractivity contribution is 0.0902. The van der Waals surface area contributed by atoms with E-state index < -0.39 is 16.4 Å². The quantitative estimate of drug-likeness (QED) is 0.109. The molecule has 1 atom stereocenters. The van der Waals surface area contributed by atoms with Crippen molar-refractivity contribution < 1.29 is 18.8 Å². The topological polar surface area (TPSA) is 85.2 Å². The van der Waals surface area contributed by atoms with E-state index in [2.05, 4.69) is 58.7 Å². The fourth-order valence-corrected chi connectivity index (χ4v) is 6.22. The molecule has 1 aromatic heterocycles. The fraction of sp³-hybridized carbons (Fsp3) is 0.640. The number of amidine groups is 1. The van der Waals surface area contributed by atoms with Crippen LogP contribution in [0.2, 0.25) is 43.8 Å². The minimum absolute atomic E-state index is 0.00559. The fourth-order valence-electron chi connectivity index (χ4n) is 4.08. The monoisotopic (exact) mass is 522 g/mol. The van der Waals surface area contributed by atoms with Crippen molar-refractivity contribution in [1.29, 1.82) is 0 Å². The van der Waals surface area contributed by atoms with Crippen LogP contribution in [-0.4, -0.2) is 57.8 Å². The smallest absolute Gasteiger partial charge is 0.192 e. The molecule has 35 heavy (non-hydrogen) atoms. The van der Waals surface area contributed by atoms with Crippen LogP contribution in [0.25, 0.3) is 10.9 Å². The number of oxime groups is 1. The predicted molar refractivity (Wildman–Crippen MR) is 147 cm³/mol. The van der Waals surface area contributed by atoms with E-state index in [1.165, 1.54) is 6.07 Å². The van der Waals surface area contributed by atoms with Gasteiger partial charge in [0.1, 0.15) is 12.5 Å². The molecule has 1 saturated heterocycles. The number of hydrogen-bond donors (Lipinski definition) is 2. The molecule has 2 aromatic rings. The number of fused-ring (bicyclic) bond motifs is 1. The van der Waals surface area contributed by atoms with E-state index in [1.54, 1.807) is 6.20 Å². The van der Waals surface area contributed by atoms with Crippen LogP contribution >= 0.6 is 0 Å². The standard InChI is InChI=1S/C25H43FN4O3Si2/c1-25(2,3)35(7,8)33-18-9-10-29(15-18)23-13-19-20(24(27)28-31)16-30(22(19)14-21(23)26)17-32-11-12-34(4,5)6/h13-14,16,18,31H,9-12,15,17H2,1-8H3,(H2,27,28). The van der Waals surface area contributed by atoms with Crippen molar-refractivity contribution in [2.45, 2.75) is 83.8 Å². The van der Waals surface area contributed by atoms with Crippen molar-refractivity contribution in [2.24, 2.45) is 10.9 Å². The van der Waals surface area contributed by atoms with Crippen molar-refractivity contribution in [3.63, 3.8) is 0 Å². The highest BCUT2D eigenvalue weighted by Gasteiger charge is 2.40. The lowest BCUT2D eigenvalue weighted by Crippen LogP contribution is -2.44. The summed E-state index contributed by atoms with van der Waals surface area (Å²) in [5.41, 5.74) is 7.73. The van der Waals surface area contributed by atoms with E-state index in [0.717, 1.165) is 24.4 Å². The molecule has 0 radical (unpaired) electrons. The second-order valence-electron chi connectivity index (χ2n) is 12.4. The molecule has 0 spiro atoms. The summed E-state index contributed by atoms with van der Waals surface area (Å²) in [6.07, 6.45) is 2.72. The highest BCUT2D eigenvalue weighted by molar-refractivity contribution is 6.76. The Balaban J connectivity index is 1.85. The van der Waals surface area contributed by atoms with Gasteiger partial charge in [-0.15, -0.1) is 0 Å². The van der Waals surface area contributed by atoms with Gasteiger partial charge in [0.25, 0.3) is 0 Å². The van der Waals surface area contributed by atoms with Crippen LogP contribution in [0.5, 0.6) is 0 Å². The van der Waals surface area contributed by atoms with Gasteiger partial charge < -0.3 is 29.6 Å². The van der Waals surface area contributed by atoms with Gasteiger partial charge in [0.2, 0.25) is 0 Å². The van der Waals surface area contributed by atoms with Gasteiger partial charge in [-0.2, -0.15) is 0 Å². The van der Waals surface area contributed by atoms with Crippen molar-refractivity contribution >= 4 is 38.8 Å². The van der Waals surface area contributed by atoms with Crippen molar-refractivity contribution in [1.82, 2.24) is 4.57 Å². The summed E-state index contributed by atoms with van der Waals surface area (Å²) in [5, 5.41) is 13.4. The predicted octanol–water partition coefficient (Wildman–Crippen LogP) is 5.79. The third-order valence-corrected chi connectivity index (χ3v) is 13.6. The Morgan fingerprint density at radius 1 is 1.23 bits per heavy atom.